The lowest BCUT2D eigenvalue weighted by Gasteiger charge is -2.13. The number of rotatable bonds is 3. The van der Waals surface area contributed by atoms with Crippen molar-refractivity contribution in [1.82, 2.24) is 0 Å². The highest BCUT2D eigenvalue weighted by Gasteiger charge is 2.44. The summed E-state index contributed by atoms with van der Waals surface area (Å²) in [6, 6.07) is 6.11. The summed E-state index contributed by atoms with van der Waals surface area (Å²) in [5, 5.41) is 9.38. The molecule has 0 aromatic heterocycles. The lowest BCUT2D eigenvalue weighted by atomic mass is 10.1. The van der Waals surface area contributed by atoms with Crippen LogP contribution in [0.15, 0.2) is 24.3 Å². The monoisotopic (exact) mass is 246 g/mol. The minimum absolute atomic E-state index is 0.0338. The Morgan fingerprint density at radius 2 is 2.00 bits per heavy atom. The summed E-state index contributed by atoms with van der Waals surface area (Å²) in [5.41, 5.74) is 0.524. The SMILES string of the molecule is C[C@@H](O)[C@@H]1C[C@@H]1c1ccccc1OC(F)(F)F. The summed E-state index contributed by atoms with van der Waals surface area (Å²) in [6.45, 7) is 1.65. The third-order valence-electron chi connectivity index (χ3n) is 3.00. The van der Waals surface area contributed by atoms with E-state index in [0.29, 0.717) is 12.0 Å². The molecule has 1 saturated carbocycles. The molecule has 2 nitrogen and oxygen atoms in total. The fourth-order valence-corrected chi connectivity index (χ4v) is 2.11. The first kappa shape index (κ1) is 12.2. The van der Waals surface area contributed by atoms with Crippen LogP contribution in [0.3, 0.4) is 0 Å². The van der Waals surface area contributed by atoms with E-state index in [2.05, 4.69) is 4.74 Å². The van der Waals surface area contributed by atoms with Gasteiger partial charge in [0.2, 0.25) is 0 Å². The third-order valence-corrected chi connectivity index (χ3v) is 3.00. The van der Waals surface area contributed by atoms with Crippen molar-refractivity contribution in [3.8, 4) is 5.75 Å². The van der Waals surface area contributed by atoms with Crippen molar-refractivity contribution in [2.45, 2.75) is 31.7 Å². The average Bonchev–Trinajstić information content (AvgIpc) is 2.95. The predicted octanol–water partition coefficient (Wildman–Crippen LogP) is 3.07. The Morgan fingerprint density at radius 3 is 2.53 bits per heavy atom. The zero-order valence-electron chi connectivity index (χ0n) is 9.24. The molecule has 1 fully saturated rings. The van der Waals surface area contributed by atoms with E-state index in [4.69, 9.17) is 0 Å². The lowest BCUT2D eigenvalue weighted by Crippen LogP contribution is -2.18. The van der Waals surface area contributed by atoms with Gasteiger partial charge in [-0.05, 0) is 36.8 Å². The molecule has 0 heterocycles. The van der Waals surface area contributed by atoms with Crippen LogP contribution in [-0.2, 0) is 0 Å². The summed E-state index contributed by atoms with van der Waals surface area (Å²) >= 11 is 0. The minimum atomic E-state index is -4.68. The molecular formula is C12H13F3O2. The van der Waals surface area contributed by atoms with Crippen LogP contribution in [0.1, 0.15) is 24.8 Å². The van der Waals surface area contributed by atoms with Crippen molar-refractivity contribution in [2.24, 2.45) is 5.92 Å². The largest absolute Gasteiger partial charge is 0.573 e. The number of aliphatic hydroxyl groups excluding tert-OH is 1. The second-order valence-electron chi connectivity index (χ2n) is 4.33. The van der Waals surface area contributed by atoms with Crippen molar-refractivity contribution in [3.05, 3.63) is 29.8 Å². The van der Waals surface area contributed by atoms with E-state index >= 15 is 0 Å². The van der Waals surface area contributed by atoms with Crippen molar-refractivity contribution >= 4 is 0 Å². The Balaban J connectivity index is 2.18. The molecule has 1 aliphatic rings. The molecule has 0 saturated heterocycles. The highest BCUT2D eigenvalue weighted by atomic mass is 19.4. The first-order valence-corrected chi connectivity index (χ1v) is 5.41. The molecule has 1 aromatic carbocycles. The van der Waals surface area contributed by atoms with Gasteiger partial charge in [-0.15, -0.1) is 13.2 Å². The molecule has 17 heavy (non-hydrogen) atoms. The molecule has 0 radical (unpaired) electrons. The molecule has 3 atom stereocenters. The van der Waals surface area contributed by atoms with Crippen LogP contribution < -0.4 is 4.74 Å². The van der Waals surface area contributed by atoms with Crippen molar-refractivity contribution in [2.75, 3.05) is 0 Å². The first-order valence-electron chi connectivity index (χ1n) is 5.41. The van der Waals surface area contributed by atoms with Crippen molar-refractivity contribution in [3.63, 3.8) is 0 Å². The summed E-state index contributed by atoms with van der Waals surface area (Å²) in [4.78, 5) is 0. The Labute approximate surface area is 97.0 Å². The number of hydrogen-bond acceptors (Lipinski definition) is 2. The second-order valence-corrected chi connectivity index (χ2v) is 4.33. The molecule has 1 N–H and O–H groups in total. The number of ether oxygens (including phenoxy) is 1. The van der Waals surface area contributed by atoms with Gasteiger partial charge in [-0.25, -0.2) is 0 Å². The molecule has 0 bridgehead atoms. The van der Waals surface area contributed by atoms with Gasteiger partial charge < -0.3 is 9.84 Å². The summed E-state index contributed by atoms with van der Waals surface area (Å²) in [5.74, 6) is -0.158. The standard InChI is InChI=1S/C12H13F3O2/c1-7(16)9-6-10(9)8-4-2-3-5-11(8)17-12(13,14)15/h2-5,7,9-10,16H,6H2,1H3/t7-,9+,10-/m1/s1. The van der Waals surface area contributed by atoms with E-state index in [9.17, 15) is 18.3 Å². The predicted molar refractivity (Wildman–Crippen MR) is 55.7 cm³/mol. The maximum Gasteiger partial charge on any atom is 0.573 e. The number of para-hydroxylation sites is 1. The van der Waals surface area contributed by atoms with E-state index in [0.717, 1.165) is 0 Å². The van der Waals surface area contributed by atoms with Crippen LogP contribution in [0.25, 0.3) is 0 Å². The van der Waals surface area contributed by atoms with Gasteiger partial charge in [0, 0.05) is 0 Å². The molecule has 0 amide bonds. The lowest BCUT2D eigenvalue weighted by molar-refractivity contribution is -0.274. The van der Waals surface area contributed by atoms with E-state index < -0.39 is 12.5 Å². The van der Waals surface area contributed by atoms with Crippen LogP contribution in [0.4, 0.5) is 13.2 Å². The third kappa shape index (κ3) is 2.91. The number of benzene rings is 1. The van der Waals surface area contributed by atoms with Crippen molar-refractivity contribution in [1.29, 1.82) is 0 Å². The summed E-state index contributed by atoms with van der Waals surface area (Å²) in [7, 11) is 0. The molecule has 2 rings (SSSR count). The topological polar surface area (TPSA) is 29.5 Å². The fourth-order valence-electron chi connectivity index (χ4n) is 2.11. The smallest absolute Gasteiger partial charge is 0.405 e. The molecule has 5 heteroatoms. The quantitative estimate of drug-likeness (QED) is 0.888. The number of hydrogen-bond donors (Lipinski definition) is 1. The summed E-state index contributed by atoms with van der Waals surface area (Å²) < 4.78 is 40.5. The molecule has 0 aliphatic heterocycles. The van der Waals surface area contributed by atoms with Gasteiger partial charge in [-0.3, -0.25) is 0 Å². The van der Waals surface area contributed by atoms with E-state index in [1.54, 1.807) is 19.1 Å². The highest BCUT2D eigenvalue weighted by Crippen LogP contribution is 2.52. The van der Waals surface area contributed by atoms with Crippen LogP contribution in [0, 0.1) is 5.92 Å². The van der Waals surface area contributed by atoms with Crippen LogP contribution in [-0.4, -0.2) is 17.6 Å². The molecule has 0 spiro atoms. The number of halogens is 3. The number of alkyl halides is 3. The maximum atomic E-state index is 12.2. The zero-order valence-corrected chi connectivity index (χ0v) is 9.24. The zero-order chi connectivity index (χ0) is 12.6. The molecule has 0 unspecified atom stereocenters. The number of aliphatic hydroxyl groups is 1. The minimum Gasteiger partial charge on any atom is -0.405 e. The normalized spacial score (nSPS) is 25.5. The Kier molecular flexibility index (Phi) is 3.03. The highest BCUT2D eigenvalue weighted by molar-refractivity contribution is 5.40. The van der Waals surface area contributed by atoms with Gasteiger partial charge in [-0.1, -0.05) is 18.2 Å². The Bertz CT molecular complexity index is 401. The van der Waals surface area contributed by atoms with Crippen LogP contribution >= 0.6 is 0 Å². The van der Waals surface area contributed by atoms with Gasteiger partial charge in [-0.2, -0.15) is 0 Å². The van der Waals surface area contributed by atoms with Gasteiger partial charge in [0.25, 0.3) is 0 Å². The van der Waals surface area contributed by atoms with Crippen molar-refractivity contribution < 1.29 is 23.0 Å². The molecule has 1 aliphatic carbocycles. The Hall–Kier alpha value is -1.23. The second kappa shape index (κ2) is 4.22. The van der Waals surface area contributed by atoms with Crippen LogP contribution in [0.2, 0.25) is 0 Å². The Morgan fingerprint density at radius 1 is 1.35 bits per heavy atom. The average molecular weight is 246 g/mol. The van der Waals surface area contributed by atoms with E-state index in [-0.39, 0.29) is 17.6 Å². The molecule has 94 valence electrons. The van der Waals surface area contributed by atoms with Crippen LogP contribution in [0.5, 0.6) is 5.75 Å². The van der Waals surface area contributed by atoms with Gasteiger partial charge >= 0.3 is 6.36 Å². The molecular weight excluding hydrogens is 233 g/mol. The van der Waals surface area contributed by atoms with E-state index in [1.807, 2.05) is 0 Å². The fraction of sp³-hybridized carbons (Fsp3) is 0.500. The van der Waals surface area contributed by atoms with Gasteiger partial charge in [0.05, 0.1) is 6.10 Å². The molecule has 1 aromatic rings. The van der Waals surface area contributed by atoms with E-state index in [1.165, 1.54) is 12.1 Å². The summed E-state index contributed by atoms with van der Waals surface area (Å²) in [6.07, 6.45) is -4.47. The van der Waals surface area contributed by atoms with Gasteiger partial charge in [0.15, 0.2) is 0 Å². The maximum absolute atomic E-state index is 12.2. The first-order chi connectivity index (χ1) is 7.88. The van der Waals surface area contributed by atoms with Gasteiger partial charge in [0.1, 0.15) is 5.75 Å².